The fourth-order valence-electron chi connectivity index (χ4n) is 3.83. The van der Waals surface area contributed by atoms with Gasteiger partial charge in [-0.3, -0.25) is 24.6 Å². The zero-order valence-corrected chi connectivity index (χ0v) is 19.0. The summed E-state index contributed by atoms with van der Waals surface area (Å²) in [5.74, 6) is -0.944. The molecule has 0 spiro atoms. The topological polar surface area (TPSA) is 145 Å². The van der Waals surface area contributed by atoms with E-state index in [1.54, 1.807) is 31.2 Å². The average Bonchev–Trinajstić information content (AvgIpc) is 2.85. The number of carbonyl (C=O) groups excluding carboxylic acids is 3. The SMILES string of the molecule is CC1=C(C(=O)OCc2ccc([N+](=O)[O-])cc2)N2C(=O)C(NC(=O)c3ccccc3CN)[C@H]2SC1. The molecule has 4 rings (SSSR count). The number of nitro benzene ring substituents is 1. The van der Waals surface area contributed by atoms with Crippen LogP contribution in [0.5, 0.6) is 0 Å². The molecule has 2 aliphatic heterocycles. The second-order valence-electron chi connectivity index (χ2n) is 7.85. The number of thioether (sulfide) groups is 1. The molecular weight excluding hydrogens is 460 g/mol. The van der Waals surface area contributed by atoms with Crippen molar-refractivity contribution in [2.45, 2.75) is 31.5 Å². The summed E-state index contributed by atoms with van der Waals surface area (Å²) in [6.07, 6.45) is 0. The zero-order chi connectivity index (χ0) is 24.4. The Hall–Kier alpha value is -3.70. The molecule has 176 valence electrons. The number of hydrogen-bond donors (Lipinski definition) is 2. The summed E-state index contributed by atoms with van der Waals surface area (Å²) in [6.45, 7) is 1.85. The van der Waals surface area contributed by atoms with Gasteiger partial charge in [0.1, 0.15) is 23.7 Å². The highest BCUT2D eigenvalue weighted by Gasteiger charge is 2.54. The molecule has 2 atom stereocenters. The lowest BCUT2D eigenvalue weighted by Crippen LogP contribution is -2.70. The lowest BCUT2D eigenvalue weighted by molar-refractivity contribution is -0.384. The standard InChI is InChI=1S/C23H22N4O6S/c1-13-12-34-22-18(25-20(28)17-5-3-2-4-15(17)10-24)21(29)26(22)19(13)23(30)33-11-14-6-8-16(9-7-14)27(31)32/h2-9,18,22H,10-12,24H2,1H3,(H,25,28)/t18?,22-/m1/s1. The van der Waals surface area contributed by atoms with Gasteiger partial charge < -0.3 is 15.8 Å². The number of amides is 2. The van der Waals surface area contributed by atoms with Gasteiger partial charge in [0.05, 0.1) is 4.92 Å². The molecule has 2 heterocycles. The van der Waals surface area contributed by atoms with E-state index in [9.17, 15) is 24.5 Å². The van der Waals surface area contributed by atoms with Crippen LogP contribution in [0.4, 0.5) is 5.69 Å². The summed E-state index contributed by atoms with van der Waals surface area (Å²) < 4.78 is 5.38. The summed E-state index contributed by atoms with van der Waals surface area (Å²) in [5, 5.41) is 13.1. The van der Waals surface area contributed by atoms with Crippen LogP contribution in [0.25, 0.3) is 0 Å². The number of β-lactam (4-membered cyclic amide) rings is 1. The van der Waals surface area contributed by atoms with Gasteiger partial charge in [-0.2, -0.15) is 0 Å². The zero-order valence-electron chi connectivity index (χ0n) is 18.2. The van der Waals surface area contributed by atoms with Crippen molar-refractivity contribution in [1.29, 1.82) is 0 Å². The molecule has 2 amide bonds. The first kappa shape index (κ1) is 23.5. The van der Waals surface area contributed by atoms with Crippen molar-refractivity contribution in [2.24, 2.45) is 5.73 Å². The van der Waals surface area contributed by atoms with E-state index in [2.05, 4.69) is 5.32 Å². The number of fused-ring (bicyclic) bond motifs is 1. The van der Waals surface area contributed by atoms with Crippen LogP contribution in [0.15, 0.2) is 59.8 Å². The van der Waals surface area contributed by atoms with Crippen molar-refractivity contribution in [2.75, 3.05) is 5.75 Å². The van der Waals surface area contributed by atoms with Crippen molar-refractivity contribution in [3.63, 3.8) is 0 Å². The normalized spacial score (nSPS) is 19.2. The predicted molar refractivity (Wildman–Crippen MR) is 124 cm³/mol. The van der Waals surface area contributed by atoms with Gasteiger partial charge in [0.2, 0.25) is 0 Å². The summed E-state index contributed by atoms with van der Waals surface area (Å²) >= 11 is 1.46. The minimum Gasteiger partial charge on any atom is -0.456 e. The highest BCUT2D eigenvalue weighted by molar-refractivity contribution is 8.00. The number of esters is 1. The first-order valence-electron chi connectivity index (χ1n) is 10.5. The number of carbonyl (C=O) groups is 3. The molecule has 2 aromatic carbocycles. The van der Waals surface area contributed by atoms with Crippen LogP contribution in [-0.2, 0) is 27.5 Å². The van der Waals surface area contributed by atoms with Crippen molar-refractivity contribution in [1.82, 2.24) is 10.2 Å². The fraction of sp³-hybridized carbons (Fsp3) is 0.261. The minimum absolute atomic E-state index is 0.0610. The van der Waals surface area contributed by atoms with E-state index in [4.69, 9.17) is 10.5 Å². The molecule has 0 aromatic heterocycles. The number of ether oxygens (including phenoxy) is 1. The average molecular weight is 483 g/mol. The van der Waals surface area contributed by atoms with Crippen LogP contribution in [0.2, 0.25) is 0 Å². The number of nitro groups is 1. The molecule has 0 bridgehead atoms. The lowest BCUT2D eigenvalue weighted by atomic mass is 10.0. The minimum atomic E-state index is -0.770. The van der Waals surface area contributed by atoms with Crippen molar-refractivity contribution >= 4 is 35.2 Å². The van der Waals surface area contributed by atoms with E-state index in [1.807, 2.05) is 0 Å². The lowest BCUT2D eigenvalue weighted by Gasteiger charge is -2.49. The Morgan fingerprint density at radius 3 is 2.62 bits per heavy atom. The summed E-state index contributed by atoms with van der Waals surface area (Å²) in [7, 11) is 0. The number of nitrogens with zero attached hydrogens (tertiary/aromatic N) is 2. The number of nitrogens with two attached hydrogens (primary N) is 1. The first-order chi connectivity index (χ1) is 16.3. The summed E-state index contributed by atoms with van der Waals surface area (Å²) in [4.78, 5) is 50.1. The predicted octanol–water partition coefficient (Wildman–Crippen LogP) is 2.08. The van der Waals surface area contributed by atoms with Crippen LogP contribution in [0.3, 0.4) is 0 Å². The monoisotopic (exact) mass is 482 g/mol. The molecule has 0 aliphatic carbocycles. The Kier molecular flexibility index (Phi) is 6.66. The molecule has 0 radical (unpaired) electrons. The fourth-order valence-corrected chi connectivity index (χ4v) is 5.13. The number of hydrogen-bond acceptors (Lipinski definition) is 8. The highest BCUT2D eigenvalue weighted by Crippen LogP contribution is 2.40. The van der Waals surface area contributed by atoms with Gasteiger partial charge >= 0.3 is 5.97 Å². The molecule has 1 fully saturated rings. The van der Waals surface area contributed by atoms with Crippen LogP contribution < -0.4 is 11.1 Å². The second-order valence-corrected chi connectivity index (χ2v) is 8.96. The van der Waals surface area contributed by atoms with E-state index < -0.39 is 34.1 Å². The van der Waals surface area contributed by atoms with E-state index in [-0.39, 0.29) is 24.5 Å². The van der Waals surface area contributed by atoms with E-state index >= 15 is 0 Å². The van der Waals surface area contributed by atoms with Gasteiger partial charge in [0.15, 0.2) is 0 Å². The third-order valence-corrected chi connectivity index (χ3v) is 7.06. The maximum Gasteiger partial charge on any atom is 0.355 e. The number of benzene rings is 2. The van der Waals surface area contributed by atoms with Crippen molar-refractivity contribution in [3.05, 3.63) is 86.6 Å². The van der Waals surface area contributed by atoms with Crippen LogP contribution >= 0.6 is 11.8 Å². The molecule has 10 nitrogen and oxygen atoms in total. The maximum atomic E-state index is 12.9. The smallest absolute Gasteiger partial charge is 0.355 e. The Balaban J connectivity index is 1.42. The van der Waals surface area contributed by atoms with E-state index in [0.29, 0.717) is 28.0 Å². The molecule has 2 aliphatic rings. The van der Waals surface area contributed by atoms with E-state index in [1.165, 1.54) is 40.9 Å². The quantitative estimate of drug-likeness (QED) is 0.264. The van der Waals surface area contributed by atoms with Gasteiger partial charge in [0, 0.05) is 30.0 Å². The molecule has 1 unspecified atom stereocenters. The first-order valence-corrected chi connectivity index (χ1v) is 11.5. The van der Waals surface area contributed by atoms with Gasteiger partial charge in [-0.25, -0.2) is 4.79 Å². The van der Waals surface area contributed by atoms with Gasteiger partial charge in [-0.1, -0.05) is 18.2 Å². The van der Waals surface area contributed by atoms with Crippen molar-refractivity contribution < 1.29 is 24.0 Å². The molecule has 3 N–H and O–H groups in total. The maximum absolute atomic E-state index is 12.9. The second kappa shape index (κ2) is 9.65. The summed E-state index contributed by atoms with van der Waals surface area (Å²) in [6, 6.07) is 11.8. The molecule has 2 aromatic rings. The Morgan fingerprint density at radius 1 is 1.24 bits per heavy atom. The van der Waals surface area contributed by atoms with Gasteiger partial charge in [-0.05, 0) is 41.8 Å². The van der Waals surface area contributed by atoms with Gasteiger partial charge in [-0.15, -0.1) is 11.8 Å². The molecule has 1 saturated heterocycles. The van der Waals surface area contributed by atoms with E-state index in [0.717, 1.165) is 0 Å². The molecular formula is C23H22N4O6S. The third kappa shape index (κ3) is 4.39. The third-order valence-electron chi connectivity index (χ3n) is 5.64. The van der Waals surface area contributed by atoms with Gasteiger partial charge in [0.25, 0.3) is 17.5 Å². The number of nitrogens with one attached hydrogen (secondary N) is 1. The summed E-state index contributed by atoms with van der Waals surface area (Å²) in [5.41, 5.74) is 8.18. The van der Waals surface area contributed by atoms with Crippen LogP contribution in [0.1, 0.15) is 28.4 Å². The molecule has 0 saturated carbocycles. The number of non-ortho nitro benzene ring substituents is 1. The molecule has 34 heavy (non-hydrogen) atoms. The van der Waals surface area contributed by atoms with Crippen LogP contribution in [-0.4, -0.2) is 44.8 Å². The largest absolute Gasteiger partial charge is 0.456 e. The van der Waals surface area contributed by atoms with Crippen molar-refractivity contribution in [3.8, 4) is 0 Å². The Bertz CT molecular complexity index is 1200. The Morgan fingerprint density at radius 2 is 1.94 bits per heavy atom. The van der Waals surface area contributed by atoms with Crippen LogP contribution in [0, 0.1) is 10.1 Å². The number of rotatable bonds is 7. The highest BCUT2D eigenvalue weighted by atomic mass is 32.2. The molecule has 11 heteroatoms. The Labute approximate surface area is 199 Å².